The van der Waals surface area contributed by atoms with Gasteiger partial charge in [-0.25, -0.2) is 4.39 Å². The Kier molecular flexibility index (Phi) is 8.73. The summed E-state index contributed by atoms with van der Waals surface area (Å²) in [5.74, 6) is 1.53. The van der Waals surface area contributed by atoms with Gasteiger partial charge in [0.15, 0.2) is 0 Å². The zero-order valence-electron chi connectivity index (χ0n) is 13.5. The Balaban J connectivity index is 2.77. The molecule has 0 aliphatic heterocycles. The maximum absolute atomic E-state index is 14.2. The topological polar surface area (TPSA) is 24.5 Å². The Labute approximate surface area is 132 Å². The van der Waals surface area contributed by atoms with E-state index in [0.29, 0.717) is 11.3 Å². The van der Waals surface area contributed by atoms with Crippen LogP contribution in [0.25, 0.3) is 0 Å². The van der Waals surface area contributed by atoms with Crippen molar-refractivity contribution in [2.24, 2.45) is 0 Å². The van der Waals surface area contributed by atoms with Crippen LogP contribution in [0.5, 0.6) is 5.75 Å². The van der Waals surface area contributed by atoms with Crippen molar-refractivity contribution in [1.82, 2.24) is 10.2 Å². The standard InChI is InChI=1S/C16H27FN2OS/c1-5-18-14(9-10-19(2)11-12-21-4)16-13(17)7-6-8-15(16)20-3/h6-8,14,18H,5,9-12H2,1-4H3. The Hall–Kier alpha value is -0.780. The number of nitrogens with one attached hydrogen (secondary N) is 1. The largest absolute Gasteiger partial charge is 0.496 e. The molecule has 21 heavy (non-hydrogen) atoms. The van der Waals surface area contributed by atoms with Crippen molar-refractivity contribution >= 4 is 11.8 Å². The van der Waals surface area contributed by atoms with Crippen LogP contribution in [-0.4, -0.2) is 50.7 Å². The lowest BCUT2D eigenvalue weighted by Crippen LogP contribution is -2.29. The monoisotopic (exact) mass is 314 g/mol. The summed E-state index contributed by atoms with van der Waals surface area (Å²) in [4.78, 5) is 2.29. The van der Waals surface area contributed by atoms with Crippen LogP contribution in [0, 0.1) is 5.82 Å². The number of halogens is 1. The average molecular weight is 314 g/mol. The van der Waals surface area contributed by atoms with E-state index >= 15 is 0 Å². The number of ether oxygens (including phenoxy) is 1. The lowest BCUT2D eigenvalue weighted by molar-refractivity contribution is 0.317. The molecule has 0 heterocycles. The molecule has 1 unspecified atom stereocenters. The number of thioether (sulfide) groups is 1. The molecule has 3 nitrogen and oxygen atoms in total. The number of benzene rings is 1. The van der Waals surface area contributed by atoms with Crippen LogP contribution in [0.3, 0.4) is 0 Å². The first-order valence-electron chi connectivity index (χ1n) is 7.37. The third-order valence-electron chi connectivity index (χ3n) is 3.51. The van der Waals surface area contributed by atoms with Gasteiger partial charge in [-0.15, -0.1) is 0 Å². The number of nitrogens with zero attached hydrogens (tertiary/aromatic N) is 1. The molecule has 0 radical (unpaired) electrons. The molecule has 0 amide bonds. The second kappa shape index (κ2) is 10.0. The molecule has 120 valence electrons. The van der Waals surface area contributed by atoms with Crippen LogP contribution in [0.4, 0.5) is 4.39 Å². The van der Waals surface area contributed by atoms with Gasteiger partial charge in [-0.1, -0.05) is 13.0 Å². The third kappa shape index (κ3) is 5.85. The highest BCUT2D eigenvalue weighted by Gasteiger charge is 2.20. The summed E-state index contributed by atoms with van der Waals surface area (Å²) in [5.41, 5.74) is 0.639. The molecule has 0 aliphatic carbocycles. The molecule has 0 fully saturated rings. The first-order chi connectivity index (χ1) is 10.1. The minimum Gasteiger partial charge on any atom is -0.496 e. The molecule has 1 atom stereocenters. The summed E-state index contributed by atoms with van der Waals surface area (Å²) in [7, 11) is 3.70. The van der Waals surface area contributed by atoms with Gasteiger partial charge in [0, 0.05) is 23.9 Å². The molecule has 5 heteroatoms. The van der Waals surface area contributed by atoms with E-state index in [2.05, 4.69) is 23.5 Å². The summed E-state index contributed by atoms with van der Waals surface area (Å²) >= 11 is 1.84. The zero-order valence-corrected chi connectivity index (χ0v) is 14.3. The fourth-order valence-corrected chi connectivity index (χ4v) is 2.83. The molecule has 1 aromatic carbocycles. The second-order valence-electron chi connectivity index (χ2n) is 5.05. The van der Waals surface area contributed by atoms with Gasteiger partial charge in [0.1, 0.15) is 11.6 Å². The van der Waals surface area contributed by atoms with Gasteiger partial charge >= 0.3 is 0 Å². The fourth-order valence-electron chi connectivity index (χ4n) is 2.34. The van der Waals surface area contributed by atoms with Gasteiger partial charge in [0.2, 0.25) is 0 Å². The van der Waals surface area contributed by atoms with E-state index in [9.17, 15) is 4.39 Å². The maximum atomic E-state index is 14.2. The van der Waals surface area contributed by atoms with Crippen LogP contribution in [0.1, 0.15) is 24.9 Å². The third-order valence-corrected chi connectivity index (χ3v) is 4.10. The molecule has 0 saturated heterocycles. The van der Waals surface area contributed by atoms with Crippen LogP contribution in [-0.2, 0) is 0 Å². The van der Waals surface area contributed by atoms with Gasteiger partial charge in [-0.05, 0) is 44.9 Å². The van der Waals surface area contributed by atoms with Crippen molar-refractivity contribution in [2.45, 2.75) is 19.4 Å². The van der Waals surface area contributed by atoms with E-state index in [4.69, 9.17) is 4.74 Å². The van der Waals surface area contributed by atoms with E-state index < -0.39 is 0 Å². The molecule has 0 aromatic heterocycles. The van der Waals surface area contributed by atoms with Crippen LogP contribution >= 0.6 is 11.8 Å². The number of rotatable bonds is 10. The van der Waals surface area contributed by atoms with Crippen molar-refractivity contribution in [3.05, 3.63) is 29.6 Å². The Morgan fingerprint density at radius 3 is 2.76 bits per heavy atom. The first kappa shape index (κ1) is 18.3. The predicted octanol–water partition coefficient (Wildman–Crippen LogP) is 3.17. The first-order valence-corrected chi connectivity index (χ1v) is 8.76. The Morgan fingerprint density at radius 1 is 1.38 bits per heavy atom. The molecule has 0 saturated carbocycles. The van der Waals surface area contributed by atoms with E-state index in [1.165, 1.54) is 6.07 Å². The molecule has 1 N–H and O–H groups in total. The summed E-state index contributed by atoms with van der Waals surface area (Å²) < 4.78 is 19.5. The van der Waals surface area contributed by atoms with Crippen LogP contribution in [0.2, 0.25) is 0 Å². The van der Waals surface area contributed by atoms with E-state index in [1.807, 2.05) is 24.8 Å². The Bertz CT molecular complexity index is 417. The molecule has 0 spiro atoms. The molecule has 1 aromatic rings. The van der Waals surface area contributed by atoms with Gasteiger partial charge < -0.3 is 15.0 Å². The van der Waals surface area contributed by atoms with E-state index in [0.717, 1.165) is 31.8 Å². The van der Waals surface area contributed by atoms with Crippen molar-refractivity contribution in [3.63, 3.8) is 0 Å². The highest BCUT2D eigenvalue weighted by Crippen LogP contribution is 2.29. The molecule has 0 aliphatic rings. The maximum Gasteiger partial charge on any atom is 0.131 e. The normalized spacial score (nSPS) is 12.7. The molecule has 1 rings (SSSR count). The average Bonchev–Trinajstić information content (AvgIpc) is 2.49. The van der Waals surface area contributed by atoms with Crippen molar-refractivity contribution < 1.29 is 9.13 Å². The minimum atomic E-state index is -0.202. The van der Waals surface area contributed by atoms with Crippen molar-refractivity contribution in [1.29, 1.82) is 0 Å². The second-order valence-corrected chi connectivity index (χ2v) is 6.04. The lowest BCUT2D eigenvalue weighted by Gasteiger charge is -2.24. The van der Waals surface area contributed by atoms with Crippen LogP contribution in [0.15, 0.2) is 18.2 Å². The van der Waals surface area contributed by atoms with Gasteiger partial charge in [0.25, 0.3) is 0 Å². The highest BCUT2D eigenvalue weighted by atomic mass is 32.2. The smallest absolute Gasteiger partial charge is 0.131 e. The van der Waals surface area contributed by atoms with E-state index in [1.54, 1.807) is 13.2 Å². The molecular formula is C16H27FN2OS. The quantitative estimate of drug-likeness (QED) is 0.717. The van der Waals surface area contributed by atoms with E-state index in [-0.39, 0.29) is 11.9 Å². The summed E-state index contributed by atoms with van der Waals surface area (Å²) in [6.45, 7) is 4.82. The van der Waals surface area contributed by atoms with Crippen LogP contribution < -0.4 is 10.1 Å². The van der Waals surface area contributed by atoms with Gasteiger partial charge in [-0.3, -0.25) is 0 Å². The summed E-state index contributed by atoms with van der Waals surface area (Å²) in [5, 5.41) is 3.37. The minimum absolute atomic E-state index is 0.0251. The SMILES string of the molecule is CCNC(CCN(C)CCSC)c1c(F)cccc1OC. The Morgan fingerprint density at radius 2 is 2.14 bits per heavy atom. The zero-order chi connectivity index (χ0) is 15.7. The number of methoxy groups -OCH3 is 1. The number of hydrogen-bond donors (Lipinski definition) is 1. The fraction of sp³-hybridized carbons (Fsp3) is 0.625. The number of hydrogen-bond acceptors (Lipinski definition) is 4. The van der Waals surface area contributed by atoms with Crippen molar-refractivity contribution in [3.8, 4) is 5.75 Å². The lowest BCUT2D eigenvalue weighted by atomic mass is 10.0. The molecule has 0 bridgehead atoms. The van der Waals surface area contributed by atoms with Crippen molar-refractivity contribution in [2.75, 3.05) is 45.8 Å². The molecular weight excluding hydrogens is 287 g/mol. The summed E-state index contributed by atoms with van der Waals surface area (Å²) in [6, 6.07) is 4.98. The van der Waals surface area contributed by atoms with Gasteiger partial charge in [-0.2, -0.15) is 11.8 Å². The van der Waals surface area contributed by atoms with Gasteiger partial charge in [0.05, 0.1) is 7.11 Å². The predicted molar refractivity (Wildman–Crippen MR) is 89.9 cm³/mol. The summed E-state index contributed by atoms with van der Waals surface area (Å²) in [6.07, 6.45) is 2.97. The highest BCUT2D eigenvalue weighted by molar-refractivity contribution is 7.98.